The molecular formula is C27H32N4O5S. The number of hydrogen-bond acceptors (Lipinski definition) is 7. The molecule has 10 heteroatoms. The molecule has 196 valence electrons. The van der Waals surface area contributed by atoms with E-state index in [0.717, 1.165) is 17.7 Å². The normalized spacial score (nSPS) is 23.2. The molecule has 0 radical (unpaired) electrons. The Bertz CT molecular complexity index is 1300. The van der Waals surface area contributed by atoms with Gasteiger partial charge in [-0.3, -0.25) is 24.2 Å². The molecule has 1 aromatic carbocycles. The van der Waals surface area contributed by atoms with Crippen LogP contribution in [0, 0.1) is 11.3 Å². The molecular weight excluding hydrogens is 492 g/mol. The molecule has 3 aliphatic rings. The van der Waals surface area contributed by atoms with Gasteiger partial charge in [-0.1, -0.05) is 12.1 Å². The Kier molecular flexibility index (Phi) is 6.57. The van der Waals surface area contributed by atoms with Crippen molar-refractivity contribution in [3.63, 3.8) is 0 Å². The van der Waals surface area contributed by atoms with Gasteiger partial charge >= 0.3 is 0 Å². The Morgan fingerprint density at radius 2 is 1.70 bits per heavy atom. The molecule has 2 aromatic rings. The molecule has 0 aliphatic carbocycles. The second kappa shape index (κ2) is 9.57. The third kappa shape index (κ3) is 4.21. The van der Waals surface area contributed by atoms with Gasteiger partial charge in [-0.05, 0) is 42.3 Å². The highest BCUT2D eigenvalue weighted by molar-refractivity contribution is 7.80. The number of thiocarbonyl (C=S) groups is 1. The number of carbonyl (C=O) groups excluding carboxylic acids is 2. The summed E-state index contributed by atoms with van der Waals surface area (Å²) < 4.78 is 12.8. The van der Waals surface area contributed by atoms with Crippen molar-refractivity contribution in [3.05, 3.63) is 58.0 Å². The van der Waals surface area contributed by atoms with Gasteiger partial charge in [-0.15, -0.1) is 0 Å². The number of nitrogens with zero attached hydrogens (tertiary/aromatic N) is 4. The quantitative estimate of drug-likeness (QED) is 0.420. The van der Waals surface area contributed by atoms with Crippen LogP contribution in [0.4, 0.5) is 0 Å². The van der Waals surface area contributed by atoms with Gasteiger partial charge < -0.3 is 18.9 Å². The summed E-state index contributed by atoms with van der Waals surface area (Å²) in [6.07, 6.45) is 1.15. The Morgan fingerprint density at radius 1 is 0.973 bits per heavy atom. The summed E-state index contributed by atoms with van der Waals surface area (Å²) in [7, 11) is 6.39. The van der Waals surface area contributed by atoms with Gasteiger partial charge in [0.05, 0.1) is 14.2 Å². The Hall–Kier alpha value is -3.24. The number of piperidine rings is 1. The number of aromatic nitrogens is 1. The molecule has 0 N–H and O–H groups in total. The van der Waals surface area contributed by atoms with Crippen molar-refractivity contribution in [2.45, 2.75) is 25.3 Å². The number of ether oxygens (including phenoxy) is 2. The third-order valence-corrected chi connectivity index (χ3v) is 8.58. The van der Waals surface area contributed by atoms with Gasteiger partial charge in [-0.2, -0.15) is 0 Å². The topological polar surface area (TPSA) is 84.3 Å². The second-order valence-corrected chi connectivity index (χ2v) is 10.7. The van der Waals surface area contributed by atoms with E-state index in [2.05, 4.69) is 4.90 Å². The standard InChI is InChI=1S/C27H32N4O5S/c1-28-24(33)27(25(34)29(2)26(28)37,12-18-8-9-20(35-3)11-22(18)36-4)16-30-13-17-10-19(15-30)21-6-5-7-23(32)31(21)14-17/h5-9,11,17,19H,10,12-16H2,1-4H3/t17-,19-/m1/s1. The molecule has 3 aliphatic heterocycles. The van der Waals surface area contributed by atoms with Gasteiger partial charge in [-0.25, -0.2) is 0 Å². The zero-order chi connectivity index (χ0) is 26.5. The fraction of sp³-hybridized carbons (Fsp3) is 0.481. The van der Waals surface area contributed by atoms with Crippen LogP contribution in [0.1, 0.15) is 23.6 Å². The molecule has 2 fully saturated rings. The average Bonchev–Trinajstić information content (AvgIpc) is 2.90. The lowest BCUT2D eigenvalue weighted by Crippen LogP contribution is -2.67. The van der Waals surface area contributed by atoms with Crippen molar-refractivity contribution in [2.24, 2.45) is 11.3 Å². The largest absolute Gasteiger partial charge is 0.497 e. The predicted molar refractivity (Wildman–Crippen MR) is 142 cm³/mol. The fourth-order valence-corrected chi connectivity index (χ4v) is 6.47. The Labute approximate surface area is 221 Å². The van der Waals surface area contributed by atoms with Gasteiger partial charge in [0.2, 0.25) is 11.8 Å². The second-order valence-electron chi connectivity index (χ2n) is 10.3. The maximum absolute atomic E-state index is 14.0. The number of fused-ring (bicyclic) bond motifs is 4. The maximum atomic E-state index is 14.0. The number of amides is 2. The molecule has 0 unspecified atom stereocenters. The minimum absolute atomic E-state index is 0.0260. The smallest absolute Gasteiger partial charge is 0.250 e. The number of likely N-dealkylation sites (tertiary alicyclic amines) is 1. The maximum Gasteiger partial charge on any atom is 0.250 e. The van der Waals surface area contributed by atoms with Crippen LogP contribution in [-0.4, -0.2) is 84.1 Å². The van der Waals surface area contributed by atoms with E-state index in [9.17, 15) is 14.4 Å². The number of methoxy groups -OCH3 is 2. The zero-order valence-electron chi connectivity index (χ0n) is 21.6. The molecule has 2 bridgehead atoms. The highest BCUT2D eigenvalue weighted by Gasteiger charge is 2.56. The highest BCUT2D eigenvalue weighted by atomic mass is 32.1. The summed E-state index contributed by atoms with van der Waals surface area (Å²) in [5, 5.41) is 0.191. The van der Waals surface area contributed by atoms with E-state index in [1.807, 2.05) is 22.8 Å². The molecule has 2 atom stereocenters. The fourth-order valence-electron chi connectivity index (χ4n) is 6.30. The van der Waals surface area contributed by atoms with E-state index in [-0.39, 0.29) is 47.3 Å². The van der Waals surface area contributed by atoms with Crippen LogP contribution in [0.25, 0.3) is 0 Å². The van der Waals surface area contributed by atoms with E-state index in [0.29, 0.717) is 31.1 Å². The highest BCUT2D eigenvalue weighted by Crippen LogP contribution is 2.40. The summed E-state index contributed by atoms with van der Waals surface area (Å²) in [4.78, 5) is 45.4. The van der Waals surface area contributed by atoms with Crippen molar-refractivity contribution in [2.75, 3.05) is 47.9 Å². The van der Waals surface area contributed by atoms with E-state index in [1.54, 1.807) is 46.5 Å². The molecule has 1 aromatic heterocycles. The van der Waals surface area contributed by atoms with Crippen LogP contribution in [0.2, 0.25) is 0 Å². The van der Waals surface area contributed by atoms with Crippen molar-refractivity contribution < 1.29 is 19.1 Å². The average molecular weight is 525 g/mol. The first-order chi connectivity index (χ1) is 17.7. The lowest BCUT2D eigenvalue weighted by molar-refractivity contribution is -0.157. The molecule has 2 saturated heterocycles. The first kappa shape index (κ1) is 25.4. The van der Waals surface area contributed by atoms with E-state index in [4.69, 9.17) is 21.7 Å². The van der Waals surface area contributed by atoms with Gasteiger partial charge in [0.25, 0.3) is 5.56 Å². The monoisotopic (exact) mass is 524 g/mol. The first-order valence-electron chi connectivity index (χ1n) is 12.4. The molecule has 0 saturated carbocycles. The predicted octanol–water partition coefficient (Wildman–Crippen LogP) is 1.73. The zero-order valence-corrected chi connectivity index (χ0v) is 22.4. The Morgan fingerprint density at radius 3 is 2.38 bits per heavy atom. The molecule has 5 rings (SSSR count). The summed E-state index contributed by atoms with van der Waals surface area (Å²) in [5.41, 5.74) is 0.415. The molecule has 9 nitrogen and oxygen atoms in total. The van der Waals surface area contributed by atoms with Crippen molar-refractivity contribution >= 4 is 29.1 Å². The lowest BCUT2D eigenvalue weighted by atomic mass is 9.75. The molecule has 0 spiro atoms. The third-order valence-electron chi connectivity index (χ3n) is 8.04. The summed E-state index contributed by atoms with van der Waals surface area (Å²) >= 11 is 5.40. The number of benzene rings is 1. The number of rotatable bonds is 6. The number of hydrogen-bond donors (Lipinski definition) is 0. The van der Waals surface area contributed by atoms with Crippen LogP contribution in [0.15, 0.2) is 41.2 Å². The first-order valence-corrected chi connectivity index (χ1v) is 12.8. The van der Waals surface area contributed by atoms with Crippen LogP contribution >= 0.6 is 12.2 Å². The van der Waals surface area contributed by atoms with E-state index >= 15 is 0 Å². The van der Waals surface area contributed by atoms with Crippen molar-refractivity contribution in [1.29, 1.82) is 0 Å². The summed E-state index contributed by atoms with van der Waals surface area (Å²) in [6.45, 7) is 2.27. The summed E-state index contributed by atoms with van der Waals surface area (Å²) in [5.74, 6) is 0.992. The number of carbonyl (C=O) groups is 2. The van der Waals surface area contributed by atoms with Crippen LogP contribution in [-0.2, 0) is 22.6 Å². The van der Waals surface area contributed by atoms with Crippen molar-refractivity contribution in [1.82, 2.24) is 19.3 Å². The molecule has 4 heterocycles. The number of pyridine rings is 1. The SMILES string of the molecule is COc1ccc(CC2(CN3C[C@H]4C[C@H](C3)c3cccc(=O)n3C4)C(=O)N(C)C(=S)N(C)C2=O)c(OC)c1. The van der Waals surface area contributed by atoms with Crippen molar-refractivity contribution in [3.8, 4) is 11.5 Å². The van der Waals surface area contributed by atoms with E-state index in [1.165, 1.54) is 9.80 Å². The minimum Gasteiger partial charge on any atom is -0.497 e. The van der Waals surface area contributed by atoms with Gasteiger partial charge in [0.15, 0.2) is 5.11 Å². The molecule has 37 heavy (non-hydrogen) atoms. The molecule has 2 amide bonds. The Balaban J connectivity index is 1.53. The van der Waals surface area contributed by atoms with Crippen LogP contribution in [0.5, 0.6) is 11.5 Å². The minimum atomic E-state index is -1.38. The van der Waals surface area contributed by atoms with Gasteiger partial charge in [0, 0.05) is 70.4 Å². The van der Waals surface area contributed by atoms with Crippen LogP contribution in [0.3, 0.4) is 0 Å². The van der Waals surface area contributed by atoms with Gasteiger partial charge in [0.1, 0.15) is 16.9 Å². The summed E-state index contributed by atoms with van der Waals surface area (Å²) in [6, 6.07) is 10.8. The van der Waals surface area contributed by atoms with E-state index < -0.39 is 5.41 Å². The lowest BCUT2D eigenvalue weighted by Gasteiger charge is -2.48. The van der Waals surface area contributed by atoms with Crippen LogP contribution < -0.4 is 15.0 Å².